The SMILES string of the molecule is C#CCN(CCC)c1ccc(C(=O)O)c(C)n1. The largest absolute Gasteiger partial charge is 0.478 e. The Labute approximate surface area is 101 Å². The molecule has 4 heteroatoms. The average molecular weight is 232 g/mol. The summed E-state index contributed by atoms with van der Waals surface area (Å²) in [4.78, 5) is 17.1. The fraction of sp³-hybridized carbons (Fsp3) is 0.385. The van der Waals surface area contributed by atoms with Gasteiger partial charge in [-0.05, 0) is 25.5 Å². The summed E-state index contributed by atoms with van der Waals surface area (Å²) in [5.41, 5.74) is 0.735. The predicted octanol–water partition coefficient (Wildman–Crippen LogP) is 1.94. The van der Waals surface area contributed by atoms with Crippen molar-refractivity contribution in [2.75, 3.05) is 18.0 Å². The van der Waals surface area contributed by atoms with Crippen LogP contribution in [0, 0.1) is 19.3 Å². The number of anilines is 1. The number of rotatable bonds is 5. The van der Waals surface area contributed by atoms with Crippen LogP contribution in [-0.2, 0) is 0 Å². The molecule has 0 atom stereocenters. The summed E-state index contributed by atoms with van der Waals surface area (Å²) in [6.45, 7) is 5.03. The van der Waals surface area contributed by atoms with Crippen molar-refractivity contribution in [2.45, 2.75) is 20.3 Å². The highest BCUT2D eigenvalue weighted by atomic mass is 16.4. The Balaban J connectivity index is 3.02. The van der Waals surface area contributed by atoms with Crippen molar-refractivity contribution in [1.29, 1.82) is 0 Å². The summed E-state index contributed by atoms with van der Waals surface area (Å²) in [5, 5.41) is 8.92. The highest BCUT2D eigenvalue weighted by Gasteiger charge is 2.11. The first-order valence-corrected chi connectivity index (χ1v) is 5.49. The number of aromatic nitrogens is 1. The molecule has 1 heterocycles. The lowest BCUT2D eigenvalue weighted by atomic mass is 10.2. The molecule has 1 aromatic heterocycles. The molecule has 0 fully saturated rings. The van der Waals surface area contributed by atoms with Gasteiger partial charge in [-0.2, -0.15) is 0 Å². The second-order valence-electron chi connectivity index (χ2n) is 3.73. The van der Waals surface area contributed by atoms with E-state index >= 15 is 0 Å². The van der Waals surface area contributed by atoms with Crippen molar-refractivity contribution >= 4 is 11.8 Å². The van der Waals surface area contributed by atoms with Crippen LogP contribution in [-0.4, -0.2) is 29.1 Å². The van der Waals surface area contributed by atoms with Crippen molar-refractivity contribution in [3.63, 3.8) is 0 Å². The van der Waals surface area contributed by atoms with Crippen LogP contribution in [0.2, 0.25) is 0 Å². The van der Waals surface area contributed by atoms with Gasteiger partial charge in [0.15, 0.2) is 0 Å². The Morgan fingerprint density at radius 3 is 2.76 bits per heavy atom. The molecule has 0 unspecified atom stereocenters. The molecule has 0 bridgehead atoms. The van der Waals surface area contributed by atoms with Gasteiger partial charge in [0, 0.05) is 6.54 Å². The van der Waals surface area contributed by atoms with E-state index in [2.05, 4.69) is 17.8 Å². The highest BCUT2D eigenvalue weighted by Crippen LogP contribution is 2.15. The van der Waals surface area contributed by atoms with Gasteiger partial charge in [0.1, 0.15) is 5.82 Å². The number of carbonyl (C=O) groups is 1. The molecule has 0 saturated carbocycles. The number of hydrogen-bond donors (Lipinski definition) is 1. The molecular weight excluding hydrogens is 216 g/mol. The van der Waals surface area contributed by atoms with Crippen LogP contribution in [0.5, 0.6) is 0 Å². The van der Waals surface area contributed by atoms with Crippen LogP contribution in [0.1, 0.15) is 29.4 Å². The molecule has 1 aromatic rings. The Kier molecular flexibility index (Phi) is 4.53. The average Bonchev–Trinajstić information content (AvgIpc) is 2.28. The zero-order valence-electron chi connectivity index (χ0n) is 10.1. The summed E-state index contributed by atoms with van der Waals surface area (Å²) < 4.78 is 0. The van der Waals surface area contributed by atoms with E-state index in [0.29, 0.717) is 12.2 Å². The van der Waals surface area contributed by atoms with Crippen LogP contribution in [0.15, 0.2) is 12.1 Å². The molecule has 1 rings (SSSR count). The van der Waals surface area contributed by atoms with Crippen molar-refractivity contribution in [3.8, 4) is 12.3 Å². The smallest absolute Gasteiger partial charge is 0.337 e. The van der Waals surface area contributed by atoms with Gasteiger partial charge in [-0.15, -0.1) is 6.42 Å². The van der Waals surface area contributed by atoms with Crippen LogP contribution < -0.4 is 4.90 Å². The van der Waals surface area contributed by atoms with Crippen LogP contribution in [0.4, 0.5) is 5.82 Å². The third-order valence-corrected chi connectivity index (χ3v) is 2.40. The lowest BCUT2D eigenvalue weighted by molar-refractivity contribution is 0.0695. The van der Waals surface area contributed by atoms with E-state index in [-0.39, 0.29) is 5.56 Å². The first-order chi connectivity index (χ1) is 8.10. The summed E-state index contributed by atoms with van der Waals surface area (Å²) in [7, 11) is 0. The summed E-state index contributed by atoms with van der Waals surface area (Å²) >= 11 is 0. The summed E-state index contributed by atoms with van der Waals surface area (Å²) in [6.07, 6.45) is 6.26. The molecule has 0 aliphatic rings. The topological polar surface area (TPSA) is 53.4 Å². The maximum Gasteiger partial charge on any atom is 0.337 e. The molecule has 0 amide bonds. The number of carboxylic acid groups (broad SMARTS) is 1. The lowest BCUT2D eigenvalue weighted by Crippen LogP contribution is -2.25. The summed E-state index contributed by atoms with van der Waals surface area (Å²) in [5.74, 6) is 2.35. The Morgan fingerprint density at radius 2 is 2.29 bits per heavy atom. The zero-order valence-corrected chi connectivity index (χ0v) is 10.1. The van der Waals surface area contributed by atoms with E-state index in [9.17, 15) is 4.79 Å². The number of pyridine rings is 1. The second kappa shape index (κ2) is 5.90. The zero-order chi connectivity index (χ0) is 12.8. The third-order valence-electron chi connectivity index (χ3n) is 2.40. The van der Waals surface area contributed by atoms with Gasteiger partial charge < -0.3 is 10.0 Å². The molecule has 0 saturated heterocycles. The maximum atomic E-state index is 10.9. The fourth-order valence-corrected chi connectivity index (χ4v) is 1.60. The molecule has 0 spiro atoms. The van der Waals surface area contributed by atoms with Gasteiger partial charge in [0.2, 0.25) is 0 Å². The van der Waals surface area contributed by atoms with Crippen molar-refractivity contribution in [1.82, 2.24) is 4.98 Å². The van der Waals surface area contributed by atoms with Gasteiger partial charge in [-0.1, -0.05) is 12.8 Å². The van der Waals surface area contributed by atoms with Crippen LogP contribution in [0.25, 0.3) is 0 Å². The molecular formula is C13H16N2O2. The molecule has 90 valence electrons. The fourth-order valence-electron chi connectivity index (χ4n) is 1.60. The van der Waals surface area contributed by atoms with Crippen LogP contribution >= 0.6 is 0 Å². The molecule has 0 radical (unpaired) electrons. The quantitative estimate of drug-likeness (QED) is 0.788. The van der Waals surface area contributed by atoms with Gasteiger partial charge in [0.05, 0.1) is 17.8 Å². The van der Waals surface area contributed by atoms with Gasteiger partial charge in [-0.3, -0.25) is 0 Å². The monoisotopic (exact) mass is 232 g/mol. The van der Waals surface area contributed by atoms with Crippen molar-refractivity contribution < 1.29 is 9.90 Å². The minimum atomic E-state index is -0.958. The lowest BCUT2D eigenvalue weighted by Gasteiger charge is -2.21. The van der Waals surface area contributed by atoms with Gasteiger partial charge in [0.25, 0.3) is 0 Å². The molecule has 0 aliphatic heterocycles. The number of aryl methyl sites for hydroxylation is 1. The minimum absolute atomic E-state index is 0.228. The third kappa shape index (κ3) is 3.22. The highest BCUT2D eigenvalue weighted by molar-refractivity contribution is 5.89. The molecule has 4 nitrogen and oxygen atoms in total. The van der Waals surface area contributed by atoms with E-state index < -0.39 is 5.97 Å². The van der Waals surface area contributed by atoms with E-state index in [1.165, 1.54) is 0 Å². The number of aromatic carboxylic acids is 1. The molecule has 0 aromatic carbocycles. The Bertz CT molecular complexity index is 449. The Hall–Kier alpha value is -2.02. The maximum absolute atomic E-state index is 10.9. The normalized spacial score (nSPS) is 9.71. The van der Waals surface area contributed by atoms with E-state index in [1.54, 1.807) is 19.1 Å². The molecule has 1 N–H and O–H groups in total. The number of terminal acetylenes is 1. The van der Waals surface area contributed by atoms with Gasteiger partial charge in [-0.25, -0.2) is 9.78 Å². The van der Waals surface area contributed by atoms with Crippen LogP contribution in [0.3, 0.4) is 0 Å². The summed E-state index contributed by atoms with van der Waals surface area (Å²) in [6, 6.07) is 3.27. The standard InChI is InChI=1S/C13H16N2O2/c1-4-8-15(9-5-2)12-7-6-11(13(16)17)10(3)14-12/h1,6-7H,5,8-9H2,2-3H3,(H,16,17). The number of carboxylic acids is 1. The van der Waals surface area contributed by atoms with E-state index in [4.69, 9.17) is 11.5 Å². The second-order valence-corrected chi connectivity index (χ2v) is 3.73. The Morgan fingerprint density at radius 1 is 1.59 bits per heavy atom. The minimum Gasteiger partial charge on any atom is -0.478 e. The van der Waals surface area contributed by atoms with E-state index in [0.717, 1.165) is 18.8 Å². The first-order valence-electron chi connectivity index (χ1n) is 5.49. The number of hydrogen-bond acceptors (Lipinski definition) is 3. The molecule has 0 aliphatic carbocycles. The number of nitrogens with zero attached hydrogens (tertiary/aromatic N) is 2. The van der Waals surface area contributed by atoms with Gasteiger partial charge >= 0.3 is 5.97 Å². The van der Waals surface area contributed by atoms with E-state index in [1.807, 2.05) is 4.90 Å². The van der Waals surface area contributed by atoms with Crippen molar-refractivity contribution in [2.24, 2.45) is 0 Å². The van der Waals surface area contributed by atoms with Crippen molar-refractivity contribution in [3.05, 3.63) is 23.4 Å². The predicted molar refractivity (Wildman–Crippen MR) is 67.3 cm³/mol. The first kappa shape index (κ1) is 13.0. The molecule has 17 heavy (non-hydrogen) atoms.